The number of hydrogen-bond donors (Lipinski definition) is 0. The molecule has 4 nitrogen and oxygen atoms in total. The summed E-state index contributed by atoms with van der Waals surface area (Å²) in [6, 6.07) is 53.2. The Kier molecular flexibility index (Phi) is 5.25. The number of furan rings is 1. The van der Waals surface area contributed by atoms with E-state index in [1.807, 2.05) is 6.07 Å². The molecule has 3 aromatic heterocycles. The Morgan fingerprint density at radius 1 is 0.457 bits per heavy atom. The predicted octanol–water partition coefficient (Wildman–Crippen LogP) is 11.1. The largest absolute Gasteiger partial charge is 0.452 e. The minimum atomic E-state index is 0.615. The first-order valence-corrected chi connectivity index (χ1v) is 15.5. The summed E-state index contributed by atoms with van der Waals surface area (Å²) in [6.07, 6.45) is 0. The fourth-order valence-corrected chi connectivity index (χ4v) is 7.04. The van der Waals surface area contributed by atoms with Gasteiger partial charge in [0, 0.05) is 16.3 Å². The van der Waals surface area contributed by atoms with Gasteiger partial charge in [-0.05, 0) is 63.0 Å². The van der Waals surface area contributed by atoms with E-state index in [1.54, 1.807) is 0 Å². The normalized spacial score (nSPS) is 11.9. The highest BCUT2D eigenvalue weighted by Gasteiger charge is 2.22. The first-order chi connectivity index (χ1) is 22.8. The third-order valence-corrected chi connectivity index (χ3v) is 9.18. The van der Waals surface area contributed by atoms with E-state index in [0.717, 1.165) is 60.7 Å². The molecule has 0 saturated carbocycles. The van der Waals surface area contributed by atoms with E-state index in [4.69, 9.17) is 14.4 Å². The van der Waals surface area contributed by atoms with Gasteiger partial charge < -0.3 is 4.42 Å². The molecule has 3 heterocycles. The molecule has 10 aromatic rings. The Balaban J connectivity index is 1.35. The molecule has 0 radical (unpaired) electrons. The van der Waals surface area contributed by atoms with Gasteiger partial charge in [-0.1, -0.05) is 121 Å². The Morgan fingerprint density at radius 3 is 2.02 bits per heavy atom. The van der Waals surface area contributed by atoms with Gasteiger partial charge in [0.2, 0.25) is 5.95 Å². The number of para-hydroxylation sites is 1. The van der Waals surface area contributed by atoms with Crippen LogP contribution in [0.1, 0.15) is 0 Å². The molecular weight excluding hydrogens is 562 g/mol. The maximum Gasteiger partial charge on any atom is 0.236 e. The van der Waals surface area contributed by atoms with Crippen molar-refractivity contribution < 1.29 is 4.42 Å². The van der Waals surface area contributed by atoms with Crippen molar-refractivity contribution in [1.82, 2.24) is 14.5 Å². The van der Waals surface area contributed by atoms with Gasteiger partial charge in [-0.15, -0.1) is 0 Å². The Bertz CT molecular complexity index is 2810. The highest BCUT2D eigenvalue weighted by molar-refractivity contribution is 6.19. The van der Waals surface area contributed by atoms with E-state index in [-0.39, 0.29) is 0 Å². The summed E-state index contributed by atoms with van der Waals surface area (Å²) in [4.78, 5) is 10.7. The van der Waals surface area contributed by atoms with Crippen LogP contribution in [0, 0.1) is 0 Å². The molecule has 46 heavy (non-hydrogen) atoms. The average molecular weight is 588 g/mol. The average Bonchev–Trinajstić information content (AvgIpc) is 3.66. The van der Waals surface area contributed by atoms with Gasteiger partial charge in [-0.2, -0.15) is 0 Å². The third kappa shape index (κ3) is 3.67. The molecule has 0 aliphatic heterocycles. The van der Waals surface area contributed by atoms with Crippen LogP contribution in [-0.4, -0.2) is 14.5 Å². The molecule has 0 N–H and O–H groups in total. The Hall–Kier alpha value is -6.26. The maximum atomic E-state index is 6.66. The van der Waals surface area contributed by atoms with Crippen molar-refractivity contribution in [3.63, 3.8) is 0 Å². The molecule has 0 saturated heterocycles. The lowest BCUT2D eigenvalue weighted by molar-refractivity contribution is 0.667. The van der Waals surface area contributed by atoms with Crippen molar-refractivity contribution in [3.05, 3.63) is 152 Å². The summed E-state index contributed by atoms with van der Waals surface area (Å²) in [6.45, 7) is 0. The van der Waals surface area contributed by atoms with Crippen LogP contribution in [0.4, 0.5) is 0 Å². The highest BCUT2D eigenvalue weighted by Crippen LogP contribution is 2.40. The predicted molar refractivity (Wildman–Crippen MR) is 190 cm³/mol. The van der Waals surface area contributed by atoms with Gasteiger partial charge in [-0.25, -0.2) is 9.97 Å². The van der Waals surface area contributed by atoms with Gasteiger partial charge in [-0.3, -0.25) is 4.57 Å². The first kappa shape index (κ1) is 25.1. The summed E-state index contributed by atoms with van der Waals surface area (Å²) < 4.78 is 8.88. The lowest BCUT2D eigenvalue weighted by atomic mass is 10.0. The van der Waals surface area contributed by atoms with Crippen molar-refractivity contribution in [2.24, 2.45) is 0 Å². The Labute approximate surface area is 263 Å². The molecule has 0 aliphatic rings. The van der Waals surface area contributed by atoms with E-state index in [9.17, 15) is 0 Å². The lowest BCUT2D eigenvalue weighted by Crippen LogP contribution is -2.03. The minimum absolute atomic E-state index is 0.615. The zero-order valence-electron chi connectivity index (χ0n) is 24.7. The van der Waals surface area contributed by atoms with Crippen molar-refractivity contribution in [2.75, 3.05) is 0 Å². The van der Waals surface area contributed by atoms with Gasteiger partial charge in [0.25, 0.3) is 0 Å². The first-order valence-electron chi connectivity index (χ1n) is 15.5. The van der Waals surface area contributed by atoms with E-state index in [0.29, 0.717) is 11.5 Å². The summed E-state index contributed by atoms with van der Waals surface area (Å²) in [5.41, 5.74) is 8.45. The second kappa shape index (κ2) is 9.62. The molecule has 4 heteroatoms. The molecular formula is C42H25N3O. The number of fused-ring (bicyclic) bond motifs is 9. The molecule has 214 valence electrons. The third-order valence-electron chi connectivity index (χ3n) is 9.18. The topological polar surface area (TPSA) is 43.9 Å². The summed E-state index contributed by atoms with van der Waals surface area (Å²) in [5, 5.41) is 7.99. The van der Waals surface area contributed by atoms with Crippen LogP contribution in [0.2, 0.25) is 0 Å². The van der Waals surface area contributed by atoms with Crippen molar-refractivity contribution in [2.45, 2.75) is 0 Å². The number of hydrogen-bond acceptors (Lipinski definition) is 3. The monoisotopic (exact) mass is 587 g/mol. The van der Waals surface area contributed by atoms with Crippen LogP contribution in [0.15, 0.2) is 156 Å². The Morgan fingerprint density at radius 2 is 1.15 bits per heavy atom. The number of aromatic nitrogens is 3. The minimum Gasteiger partial charge on any atom is -0.452 e. The van der Waals surface area contributed by atoms with Crippen LogP contribution in [0.25, 0.3) is 93.8 Å². The molecule has 0 spiro atoms. The molecule has 10 rings (SSSR count). The van der Waals surface area contributed by atoms with Crippen LogP contribution in [-0.2, 0) is 0 Å². The smallest absolute Gasteiger partial charge is 0.236 e. The quantitative estimate of drug-likeness (QED) is 0.207. The summed E-state index contributed by atoms with van der Waals surface area (Å²) >= 11 is 0. The fraction of sp³-hybridized carbons (Fsp3) is 0. The second-order valence-corrected chi connectivity index (χ2v) is 11.8. The van der Waals surface area contributed by atoms with E-state index in [2.05, 4.69) is 150 Å². The standard InChI is InChI=1S/C42H25N3O/c1-2-11-26(12-3-1)28-16-10-17-31(23-28)39-41-40(38-32-18-7-6-13-27(32)21-22-37(38)46-41)44-42(43-39)45-35-20-9-8-19-33(35)34-24-29-14-4-5-15-30(29)25-36(34)45/h1-25H. The zero-order valence-corrected chi connectivity index (χ0v) is 24.7. The van der Waals surface area contributed by atoms with Crippen LogP contribution >= 0.6 is 0 Å². The van der Waals surface area contributed by atoms with E-state index in [1.165, 1.54) is 21.5 Å². The molecule has 7 aromatic carbocycles. The molecule has 0 unspecified atom stereocenters. The van der Waals surface area contributed by atoms with Gasteiger partial charge in [0.1, 0.15) is 16.8 Å². The van der Waals surface area contributed by atoms with Crippen molar-refractivity contribution in [3.8, 4) is 28.3 Å². The van der Waals surface area contributed by atoms with Crippen LogP contribution < -0.4 is 0 Å². The SMILES string of the molecule is c1ccc(-c2cccc(-c3nc(-n4c5ccccc5c5cc6ccccc6cc54)nc4c3oc3ccc5ccccc5c34)c2)cc1. The summed E-state index contributed by atoms with van der Waals surface area (Å²) in [7, 11) is 0. The number of nitrogens with zero attached hydrogens (tertiary/aromatic N) is 3. The highest BCUT2D eigenvalue weighted by atomic mass is 16.3. The molecule has 0 bridgehead atoms. The van der Waals surface area contributed by atoms with Gasteiger partial charge in [0.05, 0.1) is 16.4 Å². The second-order valence-electron chi connectivity index (χ2n) is 11.8. The van der Waals surface area contributed by atoms with E-state index < -0.39 is 0 Å². The number of benzene rings is 7. The molecule has 0 amide bonds. The van der Waals surface area contributed by atoms with E-state index >= 15 is 0 Å². The molecule has 0 atom stereocenters. The van der Waals surface area contributed by atoms with Crippen LogP contribution in [0.3, 0.4) is 0 Å². The van der Waals surface area contributed by atoms with Gasteiger partial charge in [0.15, 0.2) is 5.58 Å². The van der Waals surface area contributed by atoms with Crippen LogP contribution in [0.5, 0.6) is 0 Å². The van der Waals surface area contributed by atoms with Crippen molar-refractivity contribution in [1.29, 1.82) is 0 Å². The molecule has 0 fully saturated rings. The number of rotatable bonds is 3. The maximum absolute atomic E-state index is 6.66. The van der Waals surface area contributed by atoms with Crippen molar-refractivity contribution >= 4 is 65.4 Å². The van der Waals surface area contributed by atoms with Gasteiger partial charge >= 0.3 is 0 Å². The fourth-order valence-electron chi connectivity index (χ4n) is 7.04. The lowest BCUT2D eigenvalue weighted by Gasteiger charge is -2.11. The summed E-state index contributed by atoms with van der Waals surface area (Å²) in [5.74, 6) is 0.615. The molecule has 0 aliphatic carbocycles. The zero-order chi connectivity index (χ0) is 30.2.